The summed E-state index contributed by atoms with van der Waals surface area (Å²) in [6.07, 6.45) is -3.28. The molecule has 0 saturated heterocycles. The van der Waals surface area contributed by atoms with E-state index in [1.807, 2.05) is 0 Å². The molecule has 0 spiro atoms. The zero-order chi connectivity index (χ0) is 15.3. The van der Waals surface area contributed by atoms with E-state index < -0.39 is 30.6 Å². The summed E-state index contributed by atoms with van der Waals surface area (Å²) in [5.74, 6) is -1.41. The first kappa shape index (κ1) is 16.1. The lowest BCUT2D eigenvalue weighted by Gasteiger charge is -2.15. The Bertz CT molecular complexity index is 483. The molecule has 1 aromatic rings. The lowest BCUT2D eigenvalue weighted by Crippen LogP contribution is -2.40. The maximum atomic E-state index is 12.3. The number of carbonyl (C=O) groups excluding carboxylic acids is 2. The SMILES string of the molecule is CCOC(=O)C(C)NC(=O)c1cccn1CC(F)(F)F. The van der Waals surface area contributed by atoms with Gasteiger partial charge in [0.15, 0.2) is 0 Å². The monoisotopic (exact) mass is 292 g/mol. The van der Waals surface area contributed by atoms with E-state index in [9.17, 15) is 22.8 Å². The second-order valence-corrected chi connectivity index (χ2v) is 4.08. The fourth-order valence-electron chi connectivity index (χ4n) is 1.55. The number of nitrogens with zero attached hydrogens (tertiary/aromatic N) is 1. The van der Waals surface area contributed by atoms with Crippen molar-refractivity contribution >= 4 is 11.9 Å². The lowest BCUT2D eigenvalue weighted by molar-refractivity contribution is -0.145. The molecule has 0 aromatic carbocycles. The number of rotatable bonds is 5. The number of aromatic nitrogens is 1. The predicted octanol–water partition coefficient (Wildman–Crippen LogP) is 1.73. The van der Waals surface area contributed by atoms with Gasteiger partial charge in [0.1, 0.15) is 18.3 Å². The van der Waals surface area contributed by atoms with E-state index in [1.54, 1.807) is 6.92 Å². The van der Waals surface area contributed by atoms with Crippen LogP contribution >= 0.6 is 0 Å². The normalized spacial score (nSPS) is 12.8. The van der Waals surface area contributed by atoms with Crippen molar-refractivity contribution < 1.29 is 27.5 Å². The van der Waals surface area contributed by atoms with Gasteiger partial charge >= 0.3 is 12.1 Å². The highest BCUT2D eigenvalue weighted by molar-refractivity contribution is 5.95. The van der Waals surface area contributed by atoms with Crippen LogP contribution in [0, 0.1) is 0 Å². The van der Waals surface area contributed by atoms with E-state index >= 15 is 0 Å². The van der Waals surface area contributed by atoms with Crippen LogP contribution in [-0.4, -0.2) is 35.3 Å². The van der Waals surface area contributed by atoms with Gasteiger partial charge in [-0.1, -0.05) is 0 Å². The highest BCUT2D eigenvalue weighted by Gasteiger charge is 2.30. The van der Waals surface area contributed by atoms with Gasteiger partial charge in [-0.2, -0.15) is 13.2 Å². The van der Waals surface area contributed by atoms with Gasteiger partial charge in [-0.25, -0.2) is 4.79 Å². The molecule has 0 fully saturated rings. The van der Waals surface area contributed by atoms with Gasteiger partial charge in [-0.15, -0.1) is 0 Å². The average molecular weight is 292 g/mol. The minimum Gasteiger partial charge on any atom is -0.464 e. The minimum atomic E-state index is -4.43. The number of amides is 1. The average Bonchev–Trinajstić information content (AvgIpc) is 2.74. The molecule has 1 aromatic heterocycles. The minimum absolute atomic E-state index is 0.156. The summed E-state index contributed by atoms with van der Waals surface area (Å²) in [7, 11) is 0. The molecular formula is C12H15F3N2O3. The molecular weight excluding hydrogens is 277 g/mol. The Kier molecular flexibility index (Phi) is 5.18. The van der Waals surface area contributed by atoms with Crippen molar-refractivity contribution in [1.82, 2.24) is 9.88 Å². The largest absolute Gasteiger partial charge is 0.464 e. The number of hydrogen-bond acceptors (Lipinski definition) is 3. The first-order chi connectivity index (χ1) is 9.24. The quantitative estimate of drug-likeness (QED) is 0.841. The van der Waals surface area contributed by atoms with Crippen molar-refractivity contribution in [2.75, 3.05) is 6.61 Å². The standard InChI is InChI=1S/C12H15F3N2O3/c1-3-20-11(19)8(2)16-10(18)9-5-4-6-17(9)7-12(13,14)15/h4-6,8H,3,7H2,1-2H3,(H,16,18). The first-order valence-corrected chi connectivity index (χ1v) is 5.94. The van der Waals surface area contributed by atoms with E-state index in [-0.39, 0.29) is 12.3 Å². The molecule has 0 bridgehead atoms. The molecule has 20 heavy (non-hydrogen) atoms. The molecule has 1 heterocycles. The van der Waals surface area contributed by atoms with Crippen molar-refractivity contribution in [1.29, 1.82) is 0 Å². The molecule has 1 rings (SSSR count). The summed E-state index contributed by atoms with van der Waals surface area (Å²) < 4.78 is 42.4. The van der Waals surface area contributed by atoms with Gasteiger partial charge in [0.05, 0.1) is 6.61 Å². The summed E-state index contributed by atoms with van der Waals surface area (Å²) >= 11 is 0. The summed E-state index contributed by atoms with van der Waals surface area (Å²) in [6.45, 7) is 1.90. The van der Waals surface area contributed by atoms with Crippen LogP contribution in [0.2, 0.25) is 0 Å². The van der Waals surface area contributed by atoms with Crippen molar-refractivity contribution in [2.45, 2.75) is 32.6 Å². The molecule has 1 amide bonds. The Morgan fingerprint density at radius 1 is 1.45 bits per heavy atom. The van der Waals surface area contributed by atoms with Gasteiger partial charge in [0.2, 0.25) is 0 Å². The number of carbonyl (C=O) groups is 2. The molecule has 8 heteroatoms. The van der Waals surface area contributed by atoms with E-state index in [4.69, 9.17) is 4.74 Å². The molecule has 0 saturated carbocycles. The maximum absolute atomic E-state index is 12.3. The number of alkyl halides is 3. The van der Waals surface area contributed by atoms with Crippen LogP contribution in [0.5, 0.6) is 0 Å². The first-order valence-electron chi connectivity index (χ1n) is 5.94. The third-order valence-corrected chi connectivity index (χ3v) is 2.40. The Morgan fingerprint density at radius 3 is 2.65 bits per heavy atom. The third-order valence-electron chi connectivity index (χ3n) is 2.40. The molecule has 0 aliphatic rings. The molecule has 5 nitrogen and oxygen atoms in total. The third kappa shape index (κ3) is 4.60. The zero-order valence-electron chi connectivity index (χ0n) is 11.0. The molecule has 0 radical (unpaired) electrons. The second kappa shape index (κ2) is 6.44. The number of nitrogens with one attached hydrogen (secondary N) is 1. The van der Waals surface area contributed by atoms with Crippen LogP contribution in [0.3, 0.4) is 0 Å². The number of halogens is 3. The van der Waals surface area contributed by atoms with E-state index in [0.29, 0.717) is 0 Å². The summed E-state index contributed by atoms with van der Waals surface area (Å²) in [5, 5.41) is 2.29. The molecule has 0 aliphatic heterocycles. The Hall–Kier alpha value is -1.99. The van der Waals surface area contributed by atoms with Crippen LogP contribution in [0.15, 0.2) is 18.3 Å². The van der Waals surface area contributed by atoms with Crippen molar-refractivity contribution in [3.8, 4) is 0 Å². The van der Waals surface area contributed by atoms with Crippen LogP contribution in [0.25, 0.3) is 0 Å². The highest BCUT2D eigenvalue weighted by Crippen LogP contribution is 2.19. The van der Waals surface area contributed by atoms with E-state index in [1.165, 1.54) is 19.1 Å². The lowest BCUT2D eigenvalue weighted by atomic mass is 10.3. The Labute approximate surface area is 113 Å². The Morgan fingerprint density at radius 2 is 2.10 bits per heavy atom. The van der Waals surface area contributed by atoms with Crippen molar-refractivity contribution in [3.05, 3.63) is 24.0 Å². The van der Waals surface area contributed by atoms with Gasteiger partial charge in [0, 0.05) is 6.20 Å². The fraction of sp³-hybridized carbons (Fsp3) is 0.500. The van der Waals surface area contributed by atoms with E-state index in [2.05, 4.69) is 5.32 Å². The number of ether oxygens (including phenoxy) is 1. The van der Waals surface area contributed by atoms with Gasteiger partial charge in [0.25, 0.3) is 5.91 Å². The fourth-order valence-corrected chi connectivity index (χ4v) is 1.55. The smallest absolute Gasteiger partial charge is 0.406 e. The topological polar surface area (TPSA) is 60.3 Å². The summed E-state index contributed by atoms with van der Waals surface area (Å²) in [6, 6.07) is 1.64. The van der Waals surface area contributed by atoms with Gasteiger partial charge < -0.3 is 14.6 Å². The molecule has 112 valence electrons. The van der Waals surface area contributed by atoms with Crippen LogP contribution < -0.4 is 5.32 Å². The molecule has 0 aliphatic carbocycles. The second-order valence-electron chi connectivity index (χ2n) is 4.08. The van der Waals surface area contributed by atoms with Crippen LogP contribution in [-0.2, 0) is 16.1 Å². The van der Waals surface area contributed by atoms with Crippen molar-refractivity contribution in [2.24, 2.45) is 0 Å². The molecule has 1 unspecified atom stereocenters. The zero-order valence-corrected chi connectivity index (χ0v) is 11.0. The van der Waals surface area contributed by atoms with Crippen molar-refractivity contribution in [3.63, 3.8) is 0 Å². The van der Waals surface area contributed by atoms with Gasteiger partial charge in [-0.05, 0) is 26.0 Å². The summed E-state index contributed by atoms with van der Waals surface area (Å²) in [5.41, 5.74) is -0.168. The summed E-state index contributed by atoms with van der Waals surface area (Å²) in [4.78, 5) is 23.2. The highest BCUT2D eigenvalue weighted by atomic mass is 19.4. The van der Waals surface area contributed by atoms with E-state index in [0.717, 1.165) is 10.8 Å². The number of hydrogen-bond donors (Lipinski definition) is 1. The number of esters is 1. The molecule has 1 N–H and O–H groups in total. The predicted molar refractivity (Wildman–Crippen MR) is 64.0 cm³/mol. The van der Waals surface area contributed by atoms with Crippen LogP contribution in [0.1, 0.15) is 24.3 Å². The molecule has 1 atom stereocenters. The Balaban J connectivity index is 2.74. The van der Waals surface area contributed by atoms with Crippen LogP contribution in [0.4, 0.5) is 13.2 Å². The van der Waals surface area contributed by atoms with Gasteiger partial charge in [-0.3, -0.25) is 4.79 Å². The maximum Gasteiger partial charge on any atom is 0.406 e.